The molecular formula is C11H19BF4N2O2. The maximum absolute atomic E-state index is 11.7. The van der Waals surface area contributed by atoms with Gasteiger partial charge >= 0.3 is 12.8 Å². The zero-order valence-corrected chi connectivity index (χ0v) is 12.0. The van der Waals surface area contributed by atoms with E-state index in [0.717, 1.165) is 12.4 Å². The van der Waals surface area contributed by atoms with Crippen molar-refractivity contribution in [2.75, 3.05) is 6.61 Å². The molecule has 0 saturated carbocycles. The van der Waals surface area contributed by atoms with Crippen LogP contribution in [0.1, 0.15) is 26.6 Å². The third-order valence-electron chi connectivity index (χ3n) is 2.48. The molecule has 0 radical (unpaired) electrons. The lowest BCUT2D eigenvalue weighted by atomic mass is 10.3. The molecule has 0 aromatic carbocycles. The summed E-state index contributed by atoms with van der Waals surface area (Å²) in [6, 6.07) is 1.56. The van der Waals surface area contributed by atoms with Crippen molar-refractivity contribution in [1.29, 1.82) is 0 Å². The summed E-state index contributed by atoms with van der Waals surface area (Å²) in [7, 11) is -6.00. The molecule has 0 unspecified atom stereocenters. The van der Waals surface area contributed by atoms with Crippen LogP contribution >= 0.6 is 0 Å². The Labute approximate surface area is 115 Å². The molecule has 0 saturated heterocycles. The number of ether oxygens (including phenoxy) is 1. The number of rotatable bonds is 4. The molecule has 1 rings (SSSR count). The molecule has 0 aliphatic rings. The SMILES string of the molecule is CCOc1cc(=O)n(CC)c(C)[n+]1CC.F[B-](F)(F)F. The van der Waals surface area contributed by atoms with Gasteiger partial charge in [0.15, 0.2) is 0 Å². The highest BCUT2D eigenvalue weighted by Gasteiger charge is 2.20. The number of nitrogens with zero attached hydrogens (tertiary/aromatic N) is 2. The van der Waals surface area contributed by atoms with Crippen LogP contribution in [0.3, 0.4) is 0 Å². The van der Waals surface area contributed by atoms with Crippen molar-refractivity contribution in [2.24, 2.45) is 0 Å². The zero-order valence-electron chi connectivity index (χ0n) is 12.0. The van der Waals surface area contributed by atoms with Crippen LogP contribution in [-0.4, -0.2) is 18.4 Å². The normalized spacial score (nSPS) is 10.8. The molecule has 0 aliphatic heterocycles. The van der Waals surface area contributed by atoms with Gasteiger partial charge < -0.3 is 22.0 Å². The number of halogens is 4. The Morgan fingerprint density at radius 3 is 2.10 bits per heavy atom. The van der Waals surface area contributed by atoms with Gasteiger partial charge in [-0.15, -0.1) is 0 Å². The monoisotopic (exact) mass is 298 g/mol. The fourth-order valence-electron chi connectivity index (χ4n) is 1.76. The molecule has 20 heavy (non-hydrogen) atoms. The predicted octanol–water partition coefficient (Wildman–Crippen LogP) is 2.18. The first-order valence-corrected chi connectivity index (χ1v) is 6.30. The van der Waals surface area contributed by atoms with Crippen molar-refractivity contribution in [3.8, 4) is 5.88 Å². The summed E-state index contributed by atoms with van der Waals surface area (Å²) in [4.78, 5) is 11.7. The van der Waals surface area contributed by atoms with Crippen LogP contribution in [0.2, 0.25) is 0 Å². The van der Waals surface area contributed by atoms with Crippen LogP contribution in [0.25, 0.3) is 0 Å². The molecular weight excluding hydrogens is 279 g/mol. The van der Waals surface area contributed by atoms with Gasteiger partial charge in [-0.3, -0.25) is 0 Å². The molecule has 1 aromatic heterocycles. The van der Waals surface area contributed by atoms with Gasteiger partial charge in [0.05, 0.1) is 19.7 Å². The van der Waals surface area contributed by atoms with E-state index in [2.05, 4.69) is 0 Å². The molecule has 0 fully saturated rings. The van der Waals surface area contributed by atoms with E-state index < -0.39 is 7.25 Å². The first-order valence-electron chi connectivity index (χ1n) is 6.30. The molecule has 1 heterocycles. The minimum atomic E-state index is -6.00. The minimum Gasteiger partial charge on any atom is -0.462 e. The van der Waals surface area contributed by atoms with E-state index >= 15 is 0 Å². The average Bonchev–Trinajstić information content (AvgIpc) is 2.27. The summed E-state index contributed by atoms with van der Waals surface area (Å²) < 4.78 is 48.2. The maximum atomic E-state index is 11.7. The number of hydrogen-bond donors (Lipinski definition) is 0. The van der Waals surface area contributed by atoms with E-state index in [1.54, 1.807) is 10.6 Å². The summed E-state index contributed by atoms with van der Waals surface area (Å²) in [5, 5.41) is 0. The van der Waals surface area contributed by atoms with Gasteiger partial charge in [0, 0.05) is 6.92 Å². The van der Waals surface area contributed by atoms with Crippen molar-refractivity contribution in [2.45, 2.75) is 40.8 Å². The number of hydrogen-bond acceptors (Lipinski definition) is 2. The highest BCUT2D eigenvalue weighted by molar-refractivity contribution is 6.50. The van der Waals surface area contributed by atoms with Crippen molar-refractivity contribution in [3.63, 3.8) is 0 Å². The molecule has 0 atom stereocenters. The van der Waals surface area contributed by atoms with Gasteiger partial charge in [0.25, 0.3) is 11.7 Å². The van der Waals surface area contributed by atoms with E-state index in [0.29, 0.717) is 19.0 Å². The van der Waals surface area contributed by atoms with E-state index in [1.165, 1.54) is 0 Å². The van der Waals surface area contributed by atoms with Crippen LogP contribution < -0.4 is 14.9 Å². The lowest BCUT2D eigenvalue weighted by molar-refractivity contribution is -0.709. The lowest BCUT2D eigenvalue weighted by Crippen LogP contribution is -2.44. The Bertz CT molecular complexity index is 483. The Kier molecular flexibility index (Phi) is 7.30. The first kappa shape index (κ1) is 18.5. The molecule has 4 nitrogen and oxygen atoms in total. The fourth-order valence-corrected chi connectivity index (χ4v) is 1.76. The highest BCUT2D eigenvalue weighted by Crippen LogP contribution is 2.06. The average molecular weight is 298 g/mol. The maximum Gasteiger partial charge on any atom is 0.673 e. The van der Waals surface area contributed by atoms with Gasteiger partial charge in [0.2, 0.25) is 0 Å². The third-order valence-corrected chi connectivity index (χ3v) is 2.48. The summed E-state index contributed by atoms with van der Waals surface area (Å²) >= 11 is 0. The second-order valence-corrected chi connectivity index (χ2v) is 3.78. The smallest absolute Gasteiger partial charge is 0.462 e. The van der Waals surface area contributed by atoms with Crippen LogP contribution in [0.15, 0.2) is 10.9 Å². The van der Waals surface area contributed by atoms with Gasteiger partial charge in [-0.25, -0.2) is 9.36 Å². The van der Waals surface area contributed by atoms with Gasteiger partial charge in [-0.05, 0) is 20.8 Å². The Balaban J connectivity index is 0.000000621. The first-order chi connectivity index (χ1) is 9.15. The van der Waals surface area contributed by atoms with Crippen molar-refractivity contribution < 1.29 is 26.6 Å². The van der Waals surface area contributed by atoms with Gasteiger partial charge in [-0.2, -0.15) is 4.57 Å². The van der Waals surface area contributed by atoms with Crippen molar-refractivity contribution in [3.05, 3.63) is 22.2 Å². The van der Waals surface area contributed by atoms with E-state index in [-0.39, 0.29) is 5.56 Å². The second kappa shape index (κ2) is 7.91. The number of aromatic nitrogens is 2. The molecule has 116 valence electrons. The van der Waals surface area contributed by atoms with Gasteiger partial charge in [0.1, 0.15) is 6.07 Å². The Morgan fingerprint density at radius 1 is 1.25 bits per heavy atom. The quantitative estimate of drug-likeness (QED) is 0.485. The van der Waals surface area contributed by atoms with E-state index in [1.807, 2.05) is 32.3 Å². The second-order valence-electron chi connectivity index (χ2n) is 3.78. The summed E-state index contributed by atoms with van der Waals surface area (Å²) in [5.74, 6) is 1.60. The van der Waals surface area contributed by atoms with E-state index in [4.69, 9.17) is 4.74 Å². The summed E-state index contributed by atoms with van der Waals surface area (Å²) in [6.45, 7) is 9.94. The summed E-state index contributed by atoms with van der Waals surface area (Å²) in [5.41, 5.74) is 0.00292. The largest absolute Gasteiger partial charge is 0.673 e. The molecule has 0 bridgehead atoms. The van der Waals surface area contributed by atoms with Crippen LogP contribution in [-0.2, 0) is 13.1 Å². The predicted molar refractivity (Wildman–Crippen MR) is 68.3 cm³/mol. The molecule has 0 aliphatic carbocycles. The van der Waals surface area contributed by atoms with Crippen molar-refractivity contribution >= 4 is 7.25 Å². The molecule has 9 heteroatoms. The standard InChI is InChI=1S/C11H19N2O2.BF4/c1-5-12-9(4)13(6-2)11(15-7-3)8-10(12)14;2-1(3,4)5/h8H,5-7H2,1-4H3;/q+1;-1. The van der Waals surface area contributed by atoms with E-state index in [9.17, 15) is 22.1 Å². The highest BCUT2D eigenvalue weighted by atomic mass is 19.5. The van der Waals surface area contributed by atoms with Crippen molar-refractivity contribution in [1.82, 2.24) is 4.57 Å². The lowest BCUT2D eigenvalue weighted by Gasteiger charge is -2.10. The molecule has 0 spiro atoms. The molecule has 0 amide bonds. The zero-order chi connectivity index (χ0) is 15.9. The topological polar surface area (TPSA) is 35.1 Å². The Morgan fingerprint density at radius 2 is 1.75 bits per heavy atom. The summed E-state index contributed by atoms with van der Waals surface area (Å²) in [6.07, 6.45) is 0. The van der Waals surface area contributed by atoms with Crippen LogP contribution in [0.5, 0.6) is 5.88 Å². The third kappa shape index (κ3) is 6.07. The Hall–Kier alpha value is -1.54. The minimum absolute atomic E-state index is 0.00292. The van der Waals surface area contributed by atoms with Gasteiger partial charge in [-0.1, -0.05) is 0 Å². The van der Waals surface area contributed by atoms with Crippen LogP contribution in [0, 0.1) is 6.92 Å². The fraction of sp³-hybridized carbons (Fsp3) is 0.636. The van der Waals surface area contributed by atoms with Crippen LogP contribution in [0.4, 0.5) is 17.3 Å². The molecule has 0 N–H and O–H groups in total. The molecule has 1 aromatic rings.